The zero-order valence-electron chi connectivity index (χ0n) is 13.2. The number of aromatic nitrogens is 1. The van der Waals surface area contributed by atoms with Crippen molar-refractivity contribution in [3.63, 3.8) is 0 Å². The van der Waals surface area contributed by atoms with Gasteiger partial charge < -0.3 is 10.2 Å². The number of nitrogens with zero attached hydrogens (tertiary/aromatic N) is 3. The molecule has 25 heavy (non-hydrogen) atoms. The number of amidine groups is 1. The number of hydrogen-bond acceptors (Lipinski definition) is 6. The second kappa shape index (κ2) is 7.16. The van der Waals surface area contributed by atoms with Crippen molar-refractivity contribution in [2.75, 3.05) is 6.54 Å². The topological polar surface area (TPSA) is 86.0 Å². The lowest BCUT2D eigenvalue weighted by Gasteiger charge is -2.12. The maximum absolute atomic E-state index is 12.6. The van der Waals surface area contributed by atoms with Crippen LogP contribution < -0.4 is 0 Å². The van der Waals surface area contributed by atoms with Crippen molar-refractivity contribution in [3.8, 4) is 11.5 Å². The van der Waals surface area contributed by atoms with Crippen LogP contribution in [-0.2, 0) is 4.79 Å². The number of thioether (sulfide) groups is 1. The first kappa shape index (κ1) is 17.3. The highest BCUT2D eigenvalue weighted by Gasteiger charge is 2.32. The summed E-state index contributed by atoms with van der Waals surface area (Å²) < 4.78 is 0. The van der Waals surface area contributed by atoms with Gasteiger partial charge in [0.1, 0.15) is 0 Å². The average Bonchev–Trinajstić information content (AvgIpc) is 2.88. The molecule has 8 heteroatoms. The van der Waals surface area contributed by atoms with E-state index in [9.17, 15) is 15.0 Å². The van der Waals surface area contributed by atoms with Gasteiger partial charge in [0, 0.05) is 18.9 Å². The minimum Gasteiger partial charge on any atom is -0.504 e. The smallest absolute Gasteiger partial charge is 0.266 e. The van der Waals surface area contributed by atoms with Crippen molar-refractivity contribution >= 4 is 46.2 Å². The van der Waals surface area contributed by atoms with Gasteiger partial charge >= 0.3 is 0 Å². The molecule has 128 valence electrons. The van der Waals surface area contributed by atoms with E-state index in [0.717, 1.165) is 0 Å². The number of carbonyl (C=O) groups is 1. The number of aliphatic imine (C=N–C) groups is 1. The molecule has 0 aliphatic carbocycles. The fourth-order valence-corrected chi connectivity index (χ4v) is 3.43. The lowest BCUT2D eigenvalue weighted by atomic mass is 10.2. The van der Waals surface area contributed by atoms with E-state index in [4.69, 9.17) is 11.6 Å². The van der Waals surface area contributed by atoms with E-state index in [1.807, 2.05) is 6.92 Å². The summed E-state index contributed by atoms with van der Waals surface area (Å²) in [6.07, 6.45) is 4.72. The molecule has 2 aromatic rings. The van der Waals surface area contributed by atoms with Crippen molar-refractivity contribution in [1.29, 1.82) is 0 Å². The van der Waals surface area contributed by atoms with Crippen LogP contribution in [0.5, 0.6) is 11.5 Å². The number of rotatable bonds is 3. The van der Waals surface area contributed by atoms with Crippen molar-refractivity contribution in [2.24, 2.45) is 4.99 Å². The first-order chi connectivity index (χ1) is 12.0. The molecule has 0 bridgehead atoms. The van der Waals surface area contributed by atoms with E-state index in [1.54, 1.807) is 29.3 Å². The highest BCUT2D eigenvalue weighted by molar-refractivity contribution is 8.18. The van der Waals surface area contributed by atoms with Crippen LogP contribution in [0, 0.1) is 0 Å². The number of benzene rings is 1. The first-order valence-electron chi connectivity index (χ1n) is 7.41. The fourth-order valence-electron chi connectivity index (χ4n) is 2.21. The van der Waals surface area contributed by atoms with Crippen LogP contribution in [0.3, 0.4) is 0 Å². The second-order valence-corrected chi connectivity index (χ2v) is 6.55. The molecule has 3 rings (SSSR count). The molecule has 1 aliphatic heterocycles. The number of aromatic hydroxyl groups is 2. The van der Waals surface area contributed by atoms with Crippen molar-refractivity contribution in [2.45, 2.75) is 6.92 Å². The fraction of sp³-hybridized carbons (Fsp3) is 0.118. The summed E-state index contributed by atoms with van der Waals surface area (Å²) in [4.78, 5) is 23.0. The van der Waals surface area contributed by atoms with E-state index in [-0.39, 0.29) is 17.4 Å². The molecular weight excluding hydrogens is 362 g/mol. The maximum atomic E-state index is 12.6. The van der Waals surface area contributed by atoms with E-state index < -0.39 is 0 Å². The zero-order chi connectivity index (χ0) is 18.0. The van der Waals surface area contributed by atoms with Crippen LogP contribution in [0.2, 0.25) is 5.02 Å². The third-order valence-corrected chi connectivity index (χ3v) is 4.77. The van der Waals surface area contributed by atoms with Gasteiger partial charge in [-0.1, -0.05) is 17.7 Å². The third-order valence-electron chi connectivity index (χ3n) is 3.47. The molecule has 0 unspecified atom stereocenters. The summed E-state index contributed by atoms with van der Waals surface area (Å²) in [7, 11) is 0. The standard InChI is InChI=1S/C17H14ClN3O3S/c1-2-21-16(24)15(8-10-3-4-13(22)14(23)7-10)25-17(21)20-12-5-6-19-9-11(12)18/h3-9,22-23H,2H2,1H3/b15-8-,20-17?. The summed E-state index contributed by atoms with van der Waals surface area (Å²) in [6.45, 7) is 2.32. The molecule has 2 heterocycles. The van der Waals surface area contributed by atoms with Crippen LogP contribution >= 0.6 is 23.4 Å². The van der Waals surface area contributed by atoms with Gasteiger partial charge in [0.25, 0.3) is 5.91 Å². The summed E-state index contributed by atoms with van der Waals surface area (Å²) in [5.74, 6) is -0.629. The Bertz CT molecular complexity index is 898. The molecule has 1 aromatic carbocycles. The van der Waals surface area contributed by atoms with Gasteiger partial charge in [0.2, 0.25) is 0 Å². The summed E-state index contributed by atoms with van der Waals surface area (Å²) in [6, 6.07) is 6.05. The predicted molar refractivity (Wildman–Crippen MR) is 99.1 cm³/mol. The minimum absolute atomic E-state index is 0.177. The monoisotopic (exact) mass is 375 g/mol. The van der Waals surface area contributed by atoms with Gasteiger partial charge in [-0.25, -0.2) is 4.99 Å². The summed E-state index contributed by atoms with van der Waals surface area (Å²) in [5, 5.41) is 19.9. The lowest BCUT2D eigenvalue weighted by Crippen LogP contribution is -2.28. The molecule has 0 atom stereocenters. The Morgan fingerprint density at radius 3 is 2.80 bits per heavy atom. The first-order valence-corrected chi connectivity index (χ1v) is 8.60. The predicted octanol–water partition coefficient (Wildman–Crippen LogP) is 3.77. The molecule has 0 spiro atoms. The molecule has 1 saturated heterocycles. The SMILES string of the molecule is CCN1C(=O)/C(=C/c2ccc(O)c(O)c2)SC1=Nc1ccncc1Cl. The van der Waals surface area contributed by atoms with E-state index in [0.29, 0.717) is 32.9 Å². The molecular formula is C17H14ClN3O3S. The van der Waals surface area contributed by atoms with Gasteiger partial charge in [0.05, 0.1) is 15.6 Å². The van der Waals surface area contributed by atoms with Crippen molar-refractivity contribution in [3.05, 3.63) is 52.2 Å². The van der Waals surface area contributed by atoms with Crippen LogP contribution in [0.15, 0.2) is 46.6 Å². The normalized spacial score (nSPS) is 17.7. The summed E-state index contributed by atoms with van der Waals surface area (Å²) >= 11 is 7.30. The van der Waals surface area contributed by atoms with Crippen LogP contribution in [0.4, 0.5) is 5.69 Å². The van der Waals surface area contributed by atoms with E-state index in [2.05, 4.69) is 9.98 Å². The highest BCUT2D eigenvalue weighted by Crippen LogP contribution is 2.36. The number of halogens is 1. The largest absolute Gasteiger partial charge is 0.504 e. The zero-order valence-corrected chi connectivity index (χ0v) is 14.8. The Labute approximate surface area is 153 Å². The van der Waals surface area contributed by atoms with Crippen LogP contribution in [0.25, 0.3) is 6.08 Å². The lowest BCUT2D eigenvalue weighted by molar-refractivity contribution is -0.122. The van der Waals surface area contributed by atoms with Crippen molar-refractivity contribution in [1.82, 2.24) is 9.88 Å². The third kappa shape index (κ3) is 3.62. The number of phenols is 2. The van der Waals surface area contributed by atoms with E-state index in [1.165, 1.54) is 30.1 Å². The number of amides is 1. The van der Waals surface area contributed by atoms with Crippen molar-refractivity contribution < 1.29 is 15.0 Å². The average molecular weight is 376 g/mol. The highest BCUT2D eigenvalue weighted by atomic mass is 35.5. The quantitative estimate of drug-likeness (QED) is 0.630. The maximum Gasteiger partial charge on any atom is 0.266 e. The van der Waals surface area contributed by atoms with Crippen LogP contribution in [0.1, 0.15) is 12.5 Å². The molecule has 0 radical (unpaired) electrons. The Kier molecular flexibility index (Phi) is 4.96. The Balaban J connectivity index is 1.96. The molecule has 1 amide bonds. The summed E-state index contributed by atoms with van der Waals surface area (Å²) in [5.41, 5.74) is 1.14. The number of carbonyl (C=O) groups excluding carboxylic acids is 1. The molecule has 1 aromatic heterocycles. The minimum atomic E-state index is -0.241. The Morgan fingerprint density at radius 1 is 1.32 bits per heavy atom. The molecule has 2 N–H and O–H groups in total. The molecule has 1 fully saturated rings. The van der Waals surface area contributed by atoms with Gasteiger partial charge in [0.15, 0.2) is 16.7 Å². The Hall–Kier alpha value is -2.51. The van der Waals surface area contributed by atoms with Gasteiger partial charge in [-0.05, 0) is 48.5 Å². The number of likely N-dealkylation sites (N-methyl/N-ethyl adjacent to an activating group) is 1. The Morgan fingerprint density at radius 2 is 2.12 bits per heavy atom. The van der Waals surface area contributed by atoms with Gasteiger partial charge in [-0.3, -0.25) is 14.7 Å². The number of pyridine rings is 1. The van der Waals surface area contributed by atoms with Gasteiger partial charge in [-0.2, -0.15) is 0 Å². The molecule has 6 nitrogen and oxygen atoms in total. The van der Waals surface area contributed by atoms with Gasteiger partial charge in [-0.15, -0.1) is 0 Å². The van der Waals surface area contributed by atoms with Crippen LogP contribution in [-0.4, -0.2) is 37.7 Å². The number of hydrogen-bond donors (Lipinski definition) is 2. The van der Waals surface area contributed by atoms with E-state index >= 15 is 0 Å². The second-order valence-electron chi connectivity index (χ2n) is 5.13. The molecule has 0 saturated carbocycles. The number of phenolic OH excluding ortho intramolecular Hbond substituents is 2. The molecule has 1 aliphatic rings.